The Hall–Kier alpha value is -3.09. The molecular weight excluding hydrogens is 460 g/mol. The Morgan fingerprint density at radius 1 is 1.06 bits per heavy atom. The van der Waals surface area contributed by atoms with Crippen LogP contribution in [0, 0.1) is 0 Å². The molecule has 3 heterocycles. The maximum absolute atomic E-state index is 6.27. The highest BCUT2D eigenvalue weighted by molar-refractivity contribution is 6.30. The van der Waals surface area contributed by atoms with Gasteiger partial charge in [0, 0.05) is 29.4 Å². The van der Waals surface area contributed by atoms with E-state index in [1.165, 1.54) is 19.4 Å². The van der Waals surface area contributed by atoms with Crippen molar-refractivity contribution in [3.63, 3.8) is 0 Å². The fourth-order valence-corrected chi connectivity index (χ4v) is 4.89. The van der Waals surface area contributed by atoms with Crippen LogP contribution in [-0.4, -0.2) is 52.5 Å². The molecule has 0 amide bonds. The summed E-state index contributed by atoms with van der Waals surface area (Å²) in [5.74, 6) is 1.40. The van der Waals surface area contributed by atoms with Gasteiger partial charge in [-0.2, -0.15) is 0 Å². The first kappa shape index (κ1) is 23.6. The average molecular weight is 491 g/mol. The zero-order valence-corrected chi connectivity index (χ0v) is 21.0. The molecule has 1 saturated heterocycles. The Bertz CT molecular complexity index is 1290. The molecular formula is C28H31ClN4O2. The number of likely N-dealkylation sites (tertiary alicyclic amines) is 1. The molecule has 1 aliphatic rings. The van der Waals surface area contributed by atoms with Crippen LogP contribution >= 0.6 is 11.6 Å². The number of fused-ring (bicyclic) bond motifs is 1. The van der Waals surface area contributed by atoms with Crippen LogP contribution in [0.5, 0.6) is 11.6 Å². The van der Waals surface area contributed by atoms with E-state index in [1.807, 2.05) is 41.2 Å². The molecule has 2 aromatic heterocycles. The zero-order chi connectivity index (χ0) is 24.2. The van der Waals surface area contributed by atoms with Crippen molar-refractivity contribution in [2.75, 3.05) is 26.8 Å². The van der Waals surface area contributed by atoms with Crippen LogP contribution in [0.4, 0.5) is 0 Å². The zero-order valence-electron chi connectivity index (χ0n) is 20.3. The van der Waals surface area contributed by atoms with Crippen LogP contribution in [0.25, 0.3) is 22.0 Å². The molecule has 0 radical (unpaired) electrons. The minimum Gasteiger partial charge on any atom is -0.495 e. The summed E-state index contributed by atoms with van der Waals surface area (Å²) in [4.78, 5) is 6.86. The minimum atomic E-state index is 0.640. The highest BCUT2D eigenvalue weighted by Crippen LogP contribution is 2.32. The molecule has 0 saturated carbocycles. The maximum atomic E-state index is 6.27. The van der Waals surface area contributed by atoms with Gasteiger partial charge in [-0.15, -0.1) is 5.10 Å². The fourth-order valence-electron chi connectivity index (χ4n) is 4.77. The van der Waals surface area contributed by atoms with Gasteiger partial charge < -0.3 is 14.4 Å². The van der Waals surface area contributed by atoms with Crippen molar-refractivity contribution in [1.29, 1.82) is 0 Å². The van der Waals surface area contributed by atoms with Crippen molar-refractivity contribution in [3.8, 4) is 22.8 Å². The molecule has 1 fully saturated rings. The van der Waals surface area contributed by atoms with Crippen LogP contribution < -0.4 is 9.47 Å². The van der Waals surface area contributed by atoms with E-state index in [0.29, 0.717) is 25.1 Å². The quantitative estimate of drug-likeness (QED) is 0.267. The van der Waals surface area contributed by atoms with Crippen molar-refractivity contribution in [1.82, 2.24) is 19.7 Å². The maximum Gasteiger partial charge on any atom is 0.240 e. The van der Waals surface area contributed by atoms with Crippen molar-refractivity contribution in [2.45, 2.75) is 38.8 Å². The summed E-state index contributed by atoms with van der Waals surface area (Å²) in [6, 6.07) is 16.9. The second-order valence-corrected chi connectivity index (χ2v) is 9.60. The molecule has 5 rings (SSSR count). The molecule has 2 aromatic carbocycles. The molecule has 1 aliphatic heterocycles. The van der Waals surface area contributed by atoms with E-state index in [2.05, 4.69) is 35.0 Å². The normalized spacial score (nSPS) is 16.1. The van der Waals surface area contributed by atoms with E-state index in [4.69, 9.17) is 26.2 Å². The average Bonchev–Trinajstić information content (AvgIpc) is 3.45. The van der Waals surface area contributed by atoms with Gasteiger partial charge in [0.05, 0.1) is 37.4 Å². The first-order valence-electron chi connectivity index (χ1n) is 12.2. The topological polar surface area (TPSA) is 52.4 Å². The summed E-state index contributed by atoms with van der Waals surface area (Å²) in [5, 5.41) is 6.59. The summed E-state index contributed by atoms with van der Waals surface area (Å²) in [6.07, 6.45) is 7.13. The van der Waals surface area contributed by atoms with E-state index < -0.39 is 0 Å². The second kappa shape index (κ2) is 10.7. The number of rotatable bonds is 9. The molecule has 1 atom stereocenters. The van der Waals surface area contributed by atoms with Gasteiger partial charge in [-0.1, -0.05) is 29.8 Å². The molecule has 6 nitrogen and oxygen atoms in total. The third kappa shape index (κ3) is 5.44. The van der Waals surface area contributed by atoms with E-state index in [0.717, 1.165) is 51.3 Å². The van der Waals surface area contributed by atoms with Crippen molar-refractivity contribution < 1.29 is 9.47 Å². The molecule has 0 bridgehead atoms. The predicted octanol–water partition coefficient (Wildman–Crippen LogP) is 6.06. The van der Waals surface area contributed by atoms with Crippen LogP contribution in [-0.2, 0) is 6.54 Å². The fraction of sp³-hybridized carbons (Fsp3) is 0.357. The lowest BCUT2D eigenvalue weighted by Crippen LogP contribution is -2.28. The van der Waals surface area contributed by atoms with E-state index in [1.54, 1.807) is 13.3 Å². The summed E-state index contributed by atoms with van der Waals surface area (Å²) in [7, 11) is 1.65. The van der Waals surface area contributed by atoms with Gasteiger partial charge in [-0.3, -0.25) is 9.67 Å². The van der Waals surface area contributed by atoms with E-state index in [9.17, 15) is 0 Å². The number of benzene rings is 2. The van der Waals surface area contributed by atoms with Gasteiger partial charge in [0.1, 0.15) is 5.75 Å². The minimum absolute atomic E-state index is 0.640. The van der Waals surface area contributed by atoms with Crippen molar-refractivity contribution in [3.05, 3.63) is 71.5 Å². The van der Waals surface area contributed by atoms with Crippen molar-refractivity contribution in [2.24, 2.45) is 0 Å². The van der Waals surface area contributed by atoms with Gasteiger partial charge >= 0.3 is 0 Å². The highest BCUT2D eigenvalue weighted by atomic mass is 35.5. The Balaban J connectivity index is 1.42. The number of methoxy groups -OCH3 is 1. The van der Waals surface area contributed by atoms with Crippen molar-refractivity contribution >= 4 is 22.5 Å². The monoisotopic (exact) mass is 490 g/mol. The predicted molar refractivity (Wildman–Crippen MR) is 140 cm³/mol. The number of nitrogens with zero attached hydrogens (tertiary/aromatic N) is 4. The molecule has 0 spiro atoms. The molecule has 0 unspecified atom stereocenters. The largest absolute Gasteiger partial charge is 0.495 e. The number of ether oxygens (including phenoxy) is 2. The number of hydrogen-bond donors (Lipinski definition) is 0. The Morgan fingerprint density at radius 3 is 2.69 bits per heavy atom. The molecule has 7 heteroatoms. The van der Waals surface area contributed by atoms with Crippen LogP contribution in [0.3, 0.4) is 0 Å². The lowest BCUT2D eigenvalue weighted by Gasteiger charge is -2.20. The standard InChI is InChI=1S/C28H31ClN4O2/c1-20-5-3-12-32(20)13-4-14-35-28-26-16-22(23-15-25(34-2)18-30-17-23)8-11-27(26)33(31-28)19-21-6-9-24(29)10-7-21/h6-11,15-18,20H,3-5,12-14,19H2,1-2H3/t20-/m0/s1. The van der Waals surface area contributed by atoms with E-state index in [-0.39, 0.29) is 0 Å². The molecule has 35 heavy (non-hydrogen) atoms. The lowest BCUT2D eigenvalue weighted by atomic mass is 10.1. The Kier molecular flexibility index (Phi) is 7.21. The van der Waals surface area contributed by atoms with Gasteiger partial charge in [0.2, 0.25) is 5.88 Å². The third-order valence-corrected chi connectivity index (χ3v) is 7.02. The van der Waals surface area contributed by atoms with Crippen LogP contribution in [0.1, 0.15) is 31.7 Å². The van der Waals surface area contributed by atoms with Gasteiger partial charge in [-0.05, 0) is 74.2 Å². The molecule has 0 N–H and O–H groups in total. The van der Waals surface area contributed by atoms with Gasteiger partial charge in [-0.25, -0.2) is 0 Å². The number of aromatic nitrogens is 3. The Labute approximate surface area is 211 Å². The molecule has 0 aliphatic carbocycles. The number of pyridine rings is 1. The van der Waals surface area contributed by atoms with Gasteiger partial charge in [0.25, 0.3) is 0 Å². The number of halogens is 1. The van der Waals surface area contributed by atoms with E-state index >= 15 is 0 Å². The smallest absolute Gasteiger partial charge is 0.240 e. The summed E-state index contributed by atoms with van der Waals surface area (Å²) < 4.78 is 13.6. The third-order valence-electron chi connectivity index (χ3n) is 6.76. The number of hydrogen-bond acceptors (Lipinski definition) is 5. The highest BCUT2D eigenvalue weighted by Gasteiger charge is 2.19. The lowest BCUT2D eigenvalue weighted by molar-refractivity contribution is 0.227. The second-order valence-electron chi connectivity index (χ2n) is 9.16. The molecule has 4 aromatic rings. The summed E-state index contributed by atoms with van der Waals surface area (Å²) in [6.45, 7) is 5.85. The SMILES string of the molecule is COc1cncc(-c2ccc3c(c2)c(OCCCN2CCC[C@@H]2C)nn3Cc2ccc(Cl)cc2)c1. The summed E-state index contributed by atoms with van der Waals surface area (Å²) >= 11 is 6.08. The van der Waals surface area contributed by atoms with Gasteiger partial charge in [0.15, 0.2) is 0 Å². The first-order chi connectivity index (χ1) is 17.1. The summed E-state index contributed by atoms with van der Waals surface area (Å²) in [5.41, 5.74) is 4.20. The first-order valence-corrected chi connectivity index (χ1v) is 12.6. The van der Waals surface area contributed by atoms with Crippen LogP contribution in [0.2, 0.25) is 5.02 Å². The Morgan fingerprint density at radius 2 is 1.91 bits per heavy atom. The molecule has 182 valence electrons. The van der Waals surface area contributed by atoms with Crippen LogP contribution in [0.15, 0.2) is 60.9 Å².